The molecule has 18 heavy (non-hydrogen) atoms. The summed E-state index contributed by atoms with van der Waals surface area (Å²) >= 11 is 1.55. The van der Waals surface area contributed by atoms with Crippen molar-refractivity contribution in [1.82, 2.24) is 4.98 Å². The third-order valence-corrected chi connectivity index (χ3v) is 4.11. The van der Waals surface area contributed by atoms with E-state index in [4.69, 9.17) is 4.74 Å². The van der Waals surface area contributed by atoms with Crippen LogP contribution in [0, 0.1) is 5.92 Å². The van der Waals surface area contributed by atoms with Crippen LogP contribution >= 0.6 is 11.3 Å². The molecule has 1 aromatic rings. The first kappa shape index (κ1) is 13.5. The summed E-state index contributed by atoms with van der Waals surface area (Å²) < 4.78 is 5.63. The molecule has 2 heterocycles. The third kappa shape index (κ3) is 3.09. The Morgan fingerprint density at radius 3 is 3.00 bits per heavy atom. The Kier molecular flexibility index (Phi) is 4.35. The molecule has 5 heteroatoms. The van der Waals surface area contributed by atoms with E-state index in [1.165, 1.54) is 4.88 Å². The summed E-state index contributed by atoms with van der Waals surface area (Å²) in [5, 5.41) is 3.54. The Morgan fingerprint density at radius 2 is 2.39 bits per heavy atom. The number of nitrogens with zero attached hydrogens (tertiary/aromatic N) is 1. The predicted octanol–water partition coefficient (Wildman–Crippen LogP) is 2.85. The van der Waals surface area contributed by atoms with Gasteiger partial charge in [0.2, 0.25) is 0 Å². The number of carbonyl (C=O) groups excluding carboxylic acids is 1. The number of nitrogens with one attached hydrogen (secondary N) is 1. The number of anilines is 1. The average Bonchev–Trinajstić information content (AvgIpc) is 2.86. The van der Waals surface area contributed by atoms with Crippen LogP contribution in [-0.4, -0.2) is 23.1 Å². The lowest BCUT2D eigenvalue weighted by Gasteiger charge is -2.13. The Bertz CT molecular complexity index is 419. The van der Waals surface area contributed by atoms with Gasteiger partial charge >= 0.3 is 0 Å². The van der Waals surface area contributed by atoms with Gasteiger partial charge in [-0.25, -0.2) is 4.98 Å². The maximum absolute atomic E-state index is 12.1. The highest BCUT2D eigenvalue weighted by Gasteiger charge is 2.35. The minimum absolute atomic E-state index is 0.0655. The highest BCUT2D eigenvalue weighted by Crippen LogP contribution is 2.27. The molecule has 0 unspecified atom stereocenters. The topological polar surface area (TPSA) is 51.2 Å². The van der Waals surface area contributed by atoms with Gasteiger partial charge < -0.3 is 4.74 Å². The molecule has 3 atom stereocenters. The molecule has 0 aromatic carbocycles. The zero-order valence-corrected chi connectivity index (χ0v) is 11.9. The third-order valence-electron chi connectivity index (χ3n) is 3.14. The van der Waals surface area contributed by atoms with Gasteiger partial charge in [-0.3, -0.25) is 10.1 Å². The first-order chi connectivity index (χ1) is 8.60. The van der Waals surface area contributed by atoms with Crippen molar-refractivity contribution < 1.29 is 9.53 Å². The number of carbonyl (C=O) groups is 1. The molecule has 0 aliphatic carbocycles. The molecule has 1 saturated heterocycles. The maximum Gasteiger partial charge on any atom is 0.255 e. The monoisotopic (exact) mass is 268 g/mol. The molecule has 1 amide bonds. The van der Waals surface area contributed by atoms with Crippen molar-refractivity contribution in [3.63, 3.8) is 0 Å². The van der Waals surface area contributed by atoms with Crippen molar-refractivity contribution in [3.05, 3.63) is 11.1 Å². The minimum atomic E-state index is -0.335. The molecule has 2 rings (SSSR count). The van der Waals surface area contributed by atoms with E-state index in [9.17, 15) is 4.79 Å². The van der Waals surface area contributed by atoms with Crippen molar-refractivity contribution in [3.8, 4) is 0 Å². The van der Waals surface area contributed by atoms with E-state index >= 15 is 0 Å². The fraction of sp³-hybridized carbons (Fsp3) is 0.692. The molecule has 1 aromatic heterocycles. The number of aromatic nitrogens is 1. The zero-order chi connectivity index (χ0) is 13.1. The fourth-order valence-electron chi connectivity index (χ4n) is 2.31. The van der Waals surface area contributed by atoms with E-state index < -0.39 is 0 Å². The van der Waals surface area contributed by atoms with Crippen LogP contribution in [0.4, 0.5) is 5.13 Å². The molecule has 1 aliphatic heterocycles. The van der Waals surface area contributed by atoms with Gasteiger partial charge in [0.15, 0.2) is 5.13 Å². The summed E-state index contributed by atoms with van der Waals surface area (Å²) in [5.74, 6) is 0.208. The van der Waals surface area contributed by atoms with E-state index in [-0.39, 0.29) is 24.0 Å². The SMILES string of the molecule is CCCc1cnc(NC(=O)[C@@H]2O[C@@H](C)C[C@@H]2C)s1. The Balaban J connectivity index is 1.94. The predicted molar refractivity (Wildman–Crippen MR) is 72.9 cm³/mol. The van der Waals surface area contributed by atoms with Gasteiger partial charge in [-0.05, 0) is 25.7 Å². The van der Waals surface area contributed by atoms with Crippen LogP contribution in [0.2, 0.25) is 0 Å². The molecule has 1 N–H and O–H groups in total. The van der Waals surface area contributed by atoms with Crippen molar-refractivity contribution >= 4 is 22.4 Å². The summed E-state index contributed by atoms with van der Waals surface area (Å²) in [5.41, 5.74) is 0. The number of thiazole rings is 1. The largest absolute Gasteiger partial charge is 0.365 e. The van der Waals surface area contributed by atoms with Crippen LogP contribution < -0.4 is 5.32 Å². The number of ether oxygens (including phenoxy) is 1. The van der Waals surface area contributed by atoms with Gasteiger partial charge in [0.1, 0.15) is 6.10 Å². The van der Waals surface area contributed by atoms with Crippen LogP contribution in [0.25, 0.3) is 0 Å². The summed E-state index contributed by atoms with van der Waals surface area (Å²) in [4.78, 5) is 17.5. The lowest BCUT2D eigenvalue weighted by atomic mass is 10.0. The quantitative estimate of drug-likeness (QED) is 0.913. The van der Waals surface area contributed by atoms with Crippen molar-refractivity contribution in [1.29, 1.82) is 0 Å². The highest BCUT2D eigenvalue weighted by atomic mass is 32.1. The first-order valence-electron chi connectivity index (χ1n) is 6.51. The van der Waals surface area contributed by atoms with Crippen LogP contribution in [0.15, 0.2) is 6.20 Å². The average molecular weight is 268 g/mol. The van der Waals surface area contributed by atoms with Gasteiger partial charge in [-0.1, -0.05) is 20.3 Å². The smallest absolute Gasteiger partial charge is 0.255 e. The number of hydrogen-bond donors (Lipinski definition) is 1. The number of hydrogen-bond acceptors (Lipinski definition) is 4. The van der Waals surface area contributed by atoms with Crippen LogP contribution in [0.3, 0.4) is 0 Å². The lowest BCUT2D eigenvalue weighted by molar-refractivity contribution is -0.127. The van der Waals surface area contributed by atoms with Gasteiger partial charge in [0, 0.05) is 11.1 Å². The number of amides is 1. The molecule has 0 spiro atoms. The van der Waals surface area contributed by atoms with Gasteiger partial charge in [-0.15, -0.1) is 11.3 Å². The Hall–Kier alpha value is -0.940. The van der Waals surface area contributed by atoms with Gasteiger partial charge in [0.25, 0.3) is 5.91 Å². The van der Waals surface area contributed by atoms with Crippen LogP contribution in [0.1, 0.15) is 38.5 Å². The van der Waals surface area contributed by atoms with Gasteiger partial charge in [0.05, 0.1) is 6.10 Å². The molecule has 100 valence electrons. The fourth-order valence-corrected chi connectivity index (χ4v) is 3.23. The molecule has 0 radical (unpaired) electrons. The summed E-state index contributed by atoms with van der Waals surface area (Å²) in [6.07, 6.45) is 4.72. The van der Waals surface area contributed by atoms with E-state index in [2.05, 4.69) is 24.1 Å². The second-order valence-electron chi connectivity index (χ2n) is 4.95. The first-order valence-corrected chi connectivity index (χ1v) is 7.32. The lowest BCUT2D eigenvalue weighted by Crippen LogP contribution is -2.31. The molecule has 4 nitrogen and oxygen atoms in total. The second-order valence-corrected chi connectivity index (χ2v) is 6.07. The van der Waals surface area contributed by atoms with Gasteiger partial charge in [-0.2, -0.15) is 0 Å². The van der Waals surface area contributed by atoms with Crippen molar-refractivity contribution in [2.24, 2.45) is 5.92 Å². The maximum atomic E-state index is 12.1. The molecule has 1 aliphatic rings. The normalized spacial score (nSPS) is 27.4. The zero-order valence-electron chi connectivity index (χ0n) is 11.1. The van der Waals surface area contributed by atoms with E-state index in [0.29, 0.717) is 5.13 Å². The summed E-state index contributed by atoms with van der Waals surface area (Å²) in [7, 11) is 0. The highest BCUT2D eigenvalue weighted by molar-refractivity contribution is 7.15. The number of aryl methyl sites for hydroxylation is 1. The van der Waals surface area contributed by atoms with Crippen molar-refractivity contribution in [2.75, 3.05) is 5.32 Å². The van der Waals surface area contributed by atoms with Crippen LogP contribution in [0.5, 0.6) is 0 Å². The Morgan fingerprint density at radius 1 is 1.61 bits per heavy atom. The standard InChI is InChI=1S/C13H20N2O2S/c1-4-5-10-7-14-13(18-10)15-12(16)11-8(2)6-9(3)17-11/h7-9,11H,4-6H2,1-3H3,(H,14,15,16)/t8-,9-,11+/m0/s1. The Labute approximate surface area is 112 Å². The molecular formula is C13H20N2O2S. The van der Waals surface area contributed by atoms with Crippen molar-refractivity contribution in [2.45, 2.75) is 52.2 Å². The molecule has 0 saturated carbocycles. The minimum Gasteiger partial charge on any atom is -0.365 e. The van der Waals surface area contributed by atoms with Crippen LogP contribution in [-0.2, 0) is 16.0 Å². The molecular weight excluding hydrogens is 248 g/mol. The summed E-state index contributed by atoms with van der Waals surface area (Å²) in [6, 6.07) is 0. The summed E-state index contributed by atoms with van der Waals surface area (Å²) in [6.45, 7) is 6.19. The van der Waals surface area contributed by atoms with E-state index in [0.717, 1.165) is 19.3 Å². The molecule has 1 fully saturated rings. The number of rotatable bonds is 4. The molecule has 0 bridgehead atoms. The van der Waals surface area contributed by atoms with E-state index in [1.807, 2.05) is 13.1 Å². The van der Waals surface area contributed by atoms with E-state index in [1.54, 1.807) is 11.3 Å². The second kappa shape index (κ2) is 5.80.